The first kappa shape index (κ1) is 31.7. The van der Waals surface area contributed by atoms with Crippen LogP contribution in [0.1, 0.15) is 43.9 Å². The Morgan fingerprint density at radius 3 is 2.15 bits per heavy atom. The number of aryl methyl sites for hydroxylation is 2. The first-order valence-corrected chi connectivity index (χ1v) is 15.3. The maximum Gasteiger partial charge on any atom is 0.264 e. The Labute approximate surface area is 244 Å². The van der Waals surface area contributed by atoms with E-state index in [0.717, 1.165) is 21.0 Å². The van der Waals surface area contributed by atoms with E-state index < -0.39 is 28.5 Å². The third kappa shape index (κ3) is 8.33. The van der Waals surface area contributed by atoms with Crippen LogP contribution in [0, 0.1) is 19.8 Å². The maximum atomic E-state index is 14.1. The van der Waals surface area contributed by atoms with Crippen LogP contribution in [0.5, 0.6) is 5.75 Å². The van der Waals surface area contributed by atoms with Crippen molar-refractivity contribution in [3.63, 3.8) is 0 Å². The van der Waals surface area contributed by atoms with Crippen LogP contribution in [0.2, 0.25) is 0 Å². The van der Waals surface area contributed by atoms with Gasteiger partial charge in [-0.15, -0.1) is 0 Å². The molecule has 8 nitrogen and oxygen atoms in total. The van der Waals surface area contributed by atoms with E-state index in [9.17, 15) is 18.0 Å². The van der Waals surface area contributed by atoms with Crippen molar-refractivity contribution < 1.29 is 22.7 Å². The fourth-order valence-corrected chi connectivity index (χ4v) is 5.88. The summed E-state index contributed by atoms with van der Waals surface area (Å²) in [5.41, 5.74) is 3.10. The van der Waals surface area contributed by atoms with Crippen LogP contribution < -0.4 is 14.4 Å². The highest BCUT2D eigenvalue weighted by molar-refractivity contribution is 7.92. The van der Waals surface area contributed by atoms with Crippen LogP contribution >= 0.6 is 0 Å². The number of rotatable bonds is 13. The first-order valence-electron chi connectivity index (χ1n) is 13.8. The van der Waals surface area contributed by atoms with Gasteiger partial charge in [-0.25, -0.2) is 8.42 Å². The van der Waals surface area contributed by atoms with Crippen molar-refractivity contribution in [3.05, 3.63) is 89.5 Å². The molecule has 220 valence electrons. The molecule has 0 aliphatic rings. The molecule has 3 aromatic carbocycles. The summed E-state index contributed by atoms with van der Waals surface area (Å²) in [5.74, 6) is 0.0495. The number of hydrogen-bond donors (Lipinski definition) is 1. The largest absolute Gasteiger partial charge is 0.497 e. The fourth-order valence-electron chi connectivity index (χ4n) is 4.46. The quantitative estimate of drug-likeness (QED) is 0.305. The molecule has 9 heteroatoms. The van der Waals surface area contributed by atoms with Gasteiger partial charge in [-0.1, -0.05) is 68.3 Å². The number of sulfonamides is 1. The Balaban J connectivity index is 2.05. The highest BCUT2D eigenvalue weighted by Gasteiger charge is 2.33. The van der Waals surface area contributed by atoms with Crippen molar-refractivity contribution in [2.24, 2.45) is 5.92 Å². The van der Waals surface area contributed by atoms with E-state index >= 15 is 0 Å². The zero-order valence-electron chi connectivity index (χ0n) is 24.8. The lowest BCUT2D eigenvalue weighted by atomic mass is 10.1. The predicted octanol–water partition coefficient (Wildman–Crippen LogP) is 5.09. The van der Waals surface area contributed by atoms with Gasteiger partial charge in [0.15, 0.2) is 0 Å². The molecule has 0 heterocycles. The summed E-state index contributed by atoms with van der Waals surface area (Å²) in [4.78, 5) is 29.0. The Hall–Kier alpha value is -3.85. The van der Waals surface area contributed by atoms with Gasteiger partial charge in [-0.05, 0) is 68.1 Å². The fraction of sp³-hybridized carbons (Fsp3) is 0.375. The second-order valence-electron chi connectivity index (χ2n) is 10.6. The van der Waals surface area contributed by atoms with Crippen LogP contribution in [-0.4, -0.2) is 51.4 Å². The van der Waals surface area contributed by atoms with Gasteiger partial charge in [0.1, 0.15) is 18.3 Å². The summed E-state index contributed by atoms with van der Waals surface area (Å²) < 4.78 is 34.3. The lowest BCUT2D eigenvalue weighted by Crippen LogP contribution is -2.52. The molecule has 1 atom stereocenters. The molecule has 0 aliphatic heterocycles. The minimum Gasteiger partial charge on any atom is -0.497 e. The SMILES string of the molecule is CC[C@@H](C(=O)NCC(C)C)N(Cc1cccc(C)c1)C(=O)CN(c1ccc(OC)cc1)S(=O)(=O)c1ccc(C)cc1. The molecular weight excluding hydrogens is 538 g/mol. The third-order valence-corrected chi connectivity index (χ3v) is 8.54. The summed E-state index contributed by atoms with van der Waals surface area (Å²) in [6.45, 7) is 9.83. The van der Waals surface area contributed by atoms with Gasteiger partial charge in [0.25, 0.3) is 10.0 Å². The number of hydrogen-bond acceptors (Lipinski definition) is 5. The summed E-state index contributed by atoms with van der Waals surface area (Å²) in [6.07, 6.45) is 0.370. The number of amides is 2. The van der Waals surface area contributed by atoms with Crippen LogP contribution in [0.4, 0.5) is 5.69 Å². The van der Waals surface area contributed by atoms with E-state index in [1.807, 2.05) is 58.9 Å². The van der Waals surface area contributed by atoms with Crippen molar-refractivity contribution in [1.82, 2.24) is 10.2 Å². The Morgan fingerprint density at radius 2 is 1.59 bits per heavy atom. The van der Waals surface area contributed by atoms with Crippen LogP contribution in [0.3, 0.4) is 0 Å². The van der Waals surface area contributed by atoms with Crippen LogP contribution in [-0.2, 0) is 26.2 Å². The Kier molecular flexibility index (Phi) is 10.9. The van der Waals surface area contributed by atoms with Crippen molar-refractivity contribution in [1.29, 1.82) is 0 Å². The maximum absolute atomic E-state index is 14.1. The third-order valence-electron chi connectivity index (χ3n) is 6.75. The summed E-state index contributed by atoms with van der Waals surface area (Å²) in [5, 5.41) is 2.95. The van der Waals surface area contributed by atoms with Gasteiger partial charge in [0.2, 0.25) is 11.8 Å². The average molecular weight is 580 g/mol. The predicted molar refractivity (Wildman–Crippen MR) is 162 cm³/mol. The second kappa shape index (κ2) is 14.2. The zero-order valence-corrected chi connectivity index (χ0v) is 25.6. The number of methoxy groups -OCH3 is 1. The molecule has 0 unspecified atom stereocenters. The molecule has 0 radical (unpaired) electrons. The smallest absolute Gasteiger partial charge is 0.264 e. The lowest BCUT2D eigenvalue weighted by Gasteiger charge is -2.33. The summed E-state index contributed by atoms with van der Waals surface area (Å²) in [7, 11) is -2.60. The van der Waals surface area contributed by atoms with E-state index in [-0.39, 0.29) is 23.3 Å². The van der Waals surface area contributed by atoms with Gasteiger partial charge in [-0.2, -0.15) is 0 Å². The standard InChI is InChI=1S/C32H41N3O5S/c1-7-30(32(37)33-20-23(2)3)34(21-26-10-8-9-25(5)19-26)31(36)22-35(27-13-15-28(40-6)16-14-27)41(38,39)29-17-11-24(4)12-18-29/h8-19,23,30H,7,20-22H2,1-6H3,(H,33,37)/t30-/m0/s1. The molecule has 41 heavy (non-hydrogen) atoms. The van der Waals surface area contributed by atoms with E-state index in [2.05, 4.69) is 5.32 Å². The minimum atomic E-state index is -4.13. The van der Waals surface area contributed by atoms with Crippen LogP contribution in [0.15, 0.2) is 77.7 Å². The number of nitrogens with zero attached hydrogens (tertiary/aromatic N) is 2. The molecular formula is C32H41N3O5S. The number of carbonyl (C=O) groups excluding carboxylic acids is 2. The zero-order chi connectivity index (χ0) is 30.2. The molecule has 0 aromatic heterocycles. The normalized spacial score (nSPS) is 12.1. The van der Waals surface area contributed by atoms with E-state index in [1.165, 1.54) is 24.1 Å². The molecule has 2 amide bonds. The molecule has 0 bridgehead atoms. The highest BCUT2D eigenvalue weighted by atomic mass is 32.2. The highest BCUT2D eigenvalue weighted by Crippen LogP contribution is 2.27. The number of anilines is 1. The lowest BCUT2D eigenvalue weighted by molar-refractivity contribution is -0.140. The number of benzene rings is 3. The van der Waals surface area contributed by atoms with Gasteiger partial charge in [-0.3, -0.25) is 13.9 Å². The molecule has 3 rings (SSSR count). The van der Waals surface area contributed by atoms with E-state index in [1.54, 1.807) is 36.4 Å². The first-order chi connectivity index (χ1) is 19.5. The number of ether oxygens (including phenoxy) is 1. The number of carbonyl (C=O) groups is 2. The van der Waals surface area contributed by atoms with Crippen LogP contribution in [0.25, 0.3) is 0 Å². The average Bonchev–Trinajstić information content (AvgIpc) is 2.94. The molecule has 0 fully saturated rings. The summed E-state index contributed by atoms with van der Waals surface area (Å²) >= 11 is 0. The van der Waals surface area contributed by atoms with Gasteiger partial charge in [0.05, 0.1) is 17.7 Å². The second-order valence-corrected chi connectivity index (χ2v) is 12.5. The molecule has 0 saturated heterocycles. The van der Waals surface area contributed by atoms with Crippen molar-refractivity contribution in [2.45, 2.75) is 58.5 Å². The van der Waals surface area contributed by atoms with Gasteiger partial charge in [0, 0.05) is 13.1 Å². The van der Waals surface area contributed by atoms with E-state index in [0.29, 0.717) is 24.4 Å². The molecule has 0 saturated carbocycles. The molecule has 3 aromatic rings. The number of nitrogens with one attached hydrogen (secondary N) is 1. The summed E-state index contributed by atoms with van der Waals surface area (Å²) in [6, 6.07) is 20.0. The van der Waals surface area contributed by atoms with E-state index in [4.69, 9.17) is 4.74 Å². The molecule has 0 spiro atoms. The van der Waals surface area contributed by atoms with Crippen molar-refractivity contribution >= 4 is 27.5 Å². The topological polar surface area (TPSA) is 96.0 Å². The minimum absolute atomic E-state index is 0.0682. The Morgan fingerprint density at radius 1 is 0.927 bits per heavy atom. The van der Waals surface area contributed by atoms with Gasteiger partial charge < -0.3 is 15.0 Å². The molecule has 1 N–H and O–H groups in total. The Bertz CT molecular complexity index is 1420. The van der Waals surface area contributed by atoms with Gasteiger partial charge >= 0.3 is 0 Å². The van der Waals surface area contributed by atoms with Crippen molar-refractivity contribution in [3.8, 4) is 5.75 Å². The molecule has 0 aliphatic carbocycles. The van der Waals surface area contributed by atoms with Crippen molar-refractivity contribution in [2.75, 3.05) is 24.5 Å². The monoisotopic (exact) mass is 579 g/mol.